The lowest BCUT2D eigenvalue weighted by Gasteiger charge is -2.18. The van der Waals surface area contributed by atoms with Crippen LogP contribution >= 0.6 is 0 Å². The molecule has 0 spiro atoms. The lowest BCUT2D eigenvalue weighted by molar-refractivity contribution is -0.680. The molecule has 0 radical (unpaired) electrons. The molecule has 2 saturated carbocycles. The zero-order chi connectivity index (χ0) is 15.9. The summed E-state index contributed by atoms with van der Waals surface area (Å²) in [6, 6.07) is 3.02. The average molecular weight is 319 g/mol. The predicted octanol–water partition coefficient (Wildman–Crippen LogP) is 2.61. The second kappa shape index (κ2) is 8.48. The maximum atomic E-state index is 12.3. The molecule has 0 atom stereocenters. The van der Waals surface area contributed by atoms with Crippen molar-refractivity contribution in [3.63, 3.8) is 0 Å². The Balaban J connectivity index is 1.46. The summed E-state index contributed by atoms with van der Waals surface area (Å²) in [5.74, 6) is 0.972. The number of quaternary nitrogens is 1. The molecule has 0 saturated heterocycles. The molecule has 3 rings (SSSR count). The highest BCUT2D eigenvalue weighted by molar-refractivity contribution is 5.90. The third kappa shape index (κ3) is 4.80. The SMILES string of the molecule is O=C(C[NH2+]C1CCCCCCC1)Nc1ccnn1C1CCCC1. The number of hydrogen-bond donors (Lipinski definition) is 2. The summed E-state index contributed by atoms with van der Waals surface area (Å²) in [4.78, 5) is 12.3. The summed E-state index contributed by atoms with van der Waals surface area (Å²) in [6.07, 6.45) is 16.0. The molecule has 3 N–H and O–H groups in total. The largest absolute Gasteiger partial charge is 0.336 e. The van der Waals surface area contributed by atoms with Crippen molar-refractivity contribution in [1.29, 1.82) is 0 Å². The zero-order valence-electron chi connectivity index (χ0n) is 14.2. The Morgan fingerprint density at radius 2 is 1.74 bits per heavy atom. The van der Waals surface area contributed by atoms with Crippen LogP contribution in [0.2, 0.25) is 0 Å². The lowest BCUT2D eigenvalue weighted by atomic mass is 9.97. The fourth-order valence-corrected chi connectivity index (χ4v) is 4.04. The summed E-state index contributed by atoms with van der Waals surface area (Å²) < 4.78 is 2.01. The molecule has 1 amide bonds. The van der Waals surface area contributed by atoms with Crippen molar-refractivity contribution < 1.29 is 10.1 Å². The lowest BCUT2D eigenvalue weighted by Crippen LogP contribution is -2.91. The van der Waals surface area contributed by atoms with E-state index in [0.717, 1.165) is 5.82 Å². The number of rotatable bonds is 5. The number of carbonyl (C=O) groups excluding carboxylic acids is 1. The molecular weight excluding hydrogens is 288 g/mol. The maximum Gasteiger partial charge on any atom is 0.280 e. The number of amides is 1. The minimum Gasteiger partial charge on any atom is -0.336 e. The second-order valence-corrected chi connectivity index (χ2v) is 7.19. The van der Waals surface area contributed by atoms with Gasteiger partial charge in [0.2, 0.25) is 0 Å². The van der Waals surface area contributed by atoms with Gasteiger partial charge in [-0.05, 0) is 38.5 Å². The number of hydrogen-bond acceptors (Lipinski definition) is 2. The van der Waals surface area contributed by atoms with E-state index in [9.17, 15) is 4.79 Å². The average Bonchev–Trinajstić information content (AvgIpc) is 3.16. The second-order valence-electron chi connectivity index (χ2n) is 7.19. The molecule has 1 aromatic heterocycles. The summed E-state index contributed by atoms with van der Waals surface area (Å²) in [6.45, 7) is 0.528. The van der Waals surface area contributed by atoms with E-state index in [-0.39, 0.29) is 5.91 Å². The fraction of sp³-hybridized carbons (Fsp3) is 0.778. The molecule has 0 aromatic carbocycles. The minimum atomic E-state index is 0.104. The minimum absolute atomic E-state index is 0.104. The van der Waals surface area contributed by atoms with Crippen molar-refractivity contribution >= 4 is 11.7 Å². The van der Waals surface area contributed by atoms with Gasteiger partial charge in [0, 0.05) is 6.07 Å². The first-order valence-corrected chi connectivity index (χ1v) is 9.49. The Morgan fingerprint density at radius 3 is 2.48 bits per heavy atom. The third-order valence-corrected chi connectivity index (χ3v) is 5.39. The molecule has 0 unspecified atom stereocenters. The van der Waals surface area contributed by atoms with Gasteiger partial charge < -0.3 is 10.6 Å². The summed E-state index contributed by atoms with van der Waals surface area (Å²) in [7, 11) is 0. The maximum absolute atomic E-state index is 12.3. The molecule has 5 heteroatoms. The van der Waals surface area contributed by atoms with E-state index in [2.05, 4.69) is 15.7 Å². The van der Waals surface area contributed by atoms with E-state index in [0.29, 0.717) is 18.6 Å². The van der Waals surface area contributed by atoms with Crippen LogP contribution in [-0.4, -0.2) is 28.3 Å². The van der Waals surface area contributed by atoms with Crippen LogP contribution in [0.25, 0.3) is 0 Å². The Hall–Kier alpha value is -1.36. The van der Waals surface area contributed by atoms with Crippen molar-refractivity contribution in [2.45, 2.75) is 82.7 Å². The Labute approximate surface area is 139 Å². The highest BCUT2D eigenvalue weighted by Crippen LogP contribution is 2.31. The van der Waals surface area contributed by atoms with Crippen LogP contribution in [0.1, 0.15) is 76.7 Å². The molecule has 5 nitrogen and oxygen atoms in total. The van der Waals surface area contributed by atoms with Gasteiger partial charge in [-0.2, -0.15) is 5.10 Å². The quantitative estimate of drug-likeness (QED) is 0.876. The molecule has 2 aliphatic rings. The number of aromatic nitrogens is 2. The molecule has 23 heavy (non-hydrogen) atoms. The van der Waals surface area contributed by atoms with Crippen molar-refractivity contribution in [2.75, 3.05) is 11.9 Å². The van der Waals surface area contributed by atoms with Crippen LogP contribution in [0.5, 0.6) is 0 Å². The number of carbonyl (C=O) groups is 1. The van der Waals surface area contributed by atoms with Crippen LogP contribution < -0.4 is 10.6 Å². The predicted molar refractivity (Wildman–Crippen MR) is 91.3 cm³/mol. The molecule has 128 valence electrons. The Morgan fingerprint density at radius 1 is 1.09 bits per heavy atom. The van der Waals surface area contributed by atoms with E-state index in [4.69, 9.17) is 0 Å². The summed E-state index contributed by atoms with van der Waals surface area (Å²) >= 11 is 0. The van der Waals surface area contributed by atoms with E-state index in [1.54, 1.807) is 6.20 Å². The van der Waals surface area contributed by atoms with Crippen LogP contribution in [0.3, 0.4) is 0 Å². The normalized spacial score (nSPS) is 21.0. The topological polar surface area (TPSA) is 63.5 Å². The van der Waals surface area contributed by atoms with Gasteiger partial charge in [-0.3, -0.25) is 4.79 Å². The van der Waals surface area contributed by atoms with Crippen LogP contribution in [-0.2, 0) is 4.79 Å². The fourth-order valence-electron chi connectivity index (χ4n) is 4.04. The number of nitrogens with two attached hydrogens (primary N) is 1. The van der Waals surface area contributed by atoms with E-state index in [1.807, 2.05) is 10.7 Å². The Bertz CT molecular complexity index is 485. The van der Waals surface area contributed by atoms with Crippen molar-refractivity contribution in [3.8, 4) is 0 Å². The molecular formula is C18H31N4O+. The Kier molecular flexibility index (Phi) is 6.08. The van der Waals surface area contributed by atoms with Crippen LogP contribution in [0.4, 0.5) is 5.82 Å². The van der Waals surface area contributed by atoms with Crippen LogP contribution in [0, 0.1) is 0 Å². The van der Waals surface area contributed by atoms with Crippen molar-refractivity contribution in [1.82, 2.24) is 9.78 Å². The highest BCUT2D eigenvalue weighted by atomic mass is 16.2. The standard InChI is InChI=1S/C18H30N4O/c23-18(14-19-15-8-4-2-1-3-5-9-15)21-17-12-13-20-22(17)16-10-6-7-11-16/h12-13,15-16,19H,1-11,14H2,(H,21,23)/p+1. The first-order valence-electron chi connectivity index (χ1n) is 9.49. The van der Waals surface area contributed by atoms with E-state index < -0.39 is 0 Å². The molecule has 2 aliphatic carbocycles. The smallest absolute Gasteiger partial charge is 0.280 e. The zero-order valence-corrected chi connectivity index (χ0v) is 14.2. The van der Waals surface area contributed by atoms with Crippen molar-refractivity contribution in [3.05, 3.63) is 12.3 Å². The van der Waals surface area contributed by atoms with Gasteiger partial charge in [0.15, 0.2) is 6.54 Å². The molecule has 1 aromatic rings. The van der Waals surface area contributed by atoms with Crippen molar-refractivity contribution in [2.24, 2.45) is 0 Å². The number of nitrogens with one attached hydrogen (secondary N) is 1. The van der Waals surface area contributed by atoms with Gasteiger partial charge in [0.25, 0.3) is 5.91 Å². The third-order valence-electron chi connectivity index (χ3n) is 5.39. The number of nitrogens with zero attached hydrogens (tertiary/aromatic N) is 2. The summed E-state index contributed by atoms with van der Waals surface area (Å²) in [5.41, 5.74) is 0. The van der Waals surface area contributed by atoms with Gasteiger partial charge in [-0.1, -0.05) is 32.1 Å². The molecule has 2 fully saturated rings. The van der Waals surface area contributed by atoms with Gasteiger partial charge in [-0.15, -0.1) is 0 Å². The summed E-state index contributed by atoms with van der Waals surface area (Å²) in [5, 5.41) is 9.73. The molecule has 0 aliphatic heterocycles. The van der Waals surface area contributed by atoms with Gasteiger partial charge in [-0.25, -0.2) is 4.68 Å². The monoisotopic (exact) mass is 319 g/mol. The molecule has 0 bridgehead atoms. The van der Waals surface area contributed by atoms with Gasteiger partial charge in [0.1, 0.15) is 5.82 Å². The van der Waals surface area contributed by atoms with E-state index in [1.165, 1.54) is 70.6 Å². The first kappa shape index (κ1) is 16.5. The van der Waals surface area contributed by atoms with E-state index >= 15 is 0 Å². The first-order chi connectivity index (χ1) is 11.3. The highest BCUT2D eigenvalue weighted by Gasteiger charge is 2.21. The molecule has 1 heterocycles. The van der Waals surface area contributed by atoms with Gasteiger partial charge in [0.05, 0.1) is 18.3 Å². The number of anilines is 1. The van der Waals surface area contributed by atoms with Gasteiger partial charge >= 0.3 is 0 Å². The van der Waals surface area contributed by atoms with Crippen LogP contribution in [0.15, 0.2) is 12.3 Å².